The second kappa shape index (κ2) is 6.64. The minimum atomic E-state index is -1.15. The molecule has 0 heterocycles. The molecule has 4 heteroatoms. The zero-order chi connectivity index (χ0) is 14.7. The molecule has 2 nitrogen and oxygen atoms in total. The number of hydrogen-bond acceptors (Lipinski definition) is 2. The maximum atomic E-state index is 13.6. The molecule has 0 saturated heterocycles. The van der Waals surface area contributed by atoms with Gasteiger partial charge in [-0.3, -0.25) is 0 Å². The first-order chi connectivity index (χ1) is 9.49. The predicted octanol–water partition coefficient (Wildman–Crippen LogP) is 3.41. The standard InChI is InChI=1S/C16H23F2NO/c1-10-6-7-12(8-11(10)2)19-9-15(20)16-13(17)4-3-5-14(16)18/h3-5,10-12,15,19-20H,6-9H2,1-2H3. The Hall–Kier alpha value is -1.00. The minimum absolute atomic E-state index is 0.184. The zero-order valence-corrected chi connectivity index (χ0v) is 12.1. The molecule has 4 unspecified atom stereocenters. The van der Waals surface area contributed by atoms with Crippen molar-refractivity contribution in [1.29, 1.82) is 0 Å². The highest BCUT2D eigenvalue weighted by Crippen LogP contribution is 2.29. The Morgan fingerprint density at radius 3 is 2.45 bits per heavy atom. The molecular formula is C16H23F2NO. The molecule has 20 heavy (non-hydrogen) atoms. The highest BCUT2D eigenvalue weighted by molar-refractivity contribution is 5.22. The van der Waals surface area contributed by atoms with Crippen LogP contribution >= 0.6 is 0 Å². The van der Waals surface area contributed by atoms with E-state index in [1.807, 2.05) is 0 Å². The summed E-state index contributed by atoms with van der Waals surface area (Å²) in [5.74, 6) is -0.0135. The Labute approximate surface area is 119 Å². The number of benzene rings is 1. The zero-order valence-electron chi connectivity index (χ0n) is 12.1. The topological polar surface area (TPSA) is 32.3 Å². The molecule has 0 radical (unpaired) electrons. The van der Waals surface area contributed by atoms with E-state index in [1.165, 1.54) is 18.2 Å². The number of rotatable bonds is 4. The molecular weight excluding hydrogens is 260 g/mol. The van der Waals surface area contributed by atoms with E-state index in [9.17, 15) is 13.9 Å². The van der Waals surface area contributed by atoms with Crippen LogP contribution in [-0.4, -0.2) is 17.7 Å². The molecule has 0 aliphatic heterocycles. The average molecular weight is 283 g/mol. The second-order valence-corrected chi connectivity index (χ2v) is 6.02. The third kappa shape index (κ3) is 3.55. The lowest BCUT2D eigenvalue weighted by Gasteiger charge is -2.33. The van der Waals surface area contributed by atoms with Crippen LogP contribution in [0.5, 0.6) is 0 Å². The molecule has 1 saturated carbocycles. The van der Waals surface area contributed by atoms with Gasteiger partial charge in [0.05, 0.1) is 11.7 Å². The van der Waals surface area contributed by atoms with E-state index < -0.39 is 17.7 Å². The van der Waals surface area contributed by atoms with Gasteiger partial charge in [-0.05, 0) is 43.2 Å². The van der Waals surface area contributed by atoms with E-state index in [4.69, 9.17) is 0 Å². The van der Waals surface area contributed by atoms with Crippen LogP contribution in [0.15, 0.2) is 18.2 Å². The van der Waals surface area contributed by atoms with Crippen molar-refractivity contribution in [3.05, 3.63) is 35.4 Å². The smallest absolute Gasteiger partial charge is 0.131 e. The molecule has 0 aromatic heterocycles. The first kappa shape index (κ1) is 15.4. The second-order valence-electron chi connectivity index (χ2n) is 6.02. The van der Waals surface area contributed by atoms with Crippen LogP contribution in [-0.2, 0) is 0 Å². The highest BCUT2D eigenvalue weighted by Gasteiger charge is 2.25. The largest absolute Gasteiger partial charge is 0.387 e. The third-order valence-corrected chi connectivity index (χ3v) is 4.53. The van der Waals surface area contributed by atoms with Gasteiger partial charge in [0.2, 0.25) is 0 Å². The Bertz CT molecular complexity index is 432. The predicted molar refractivity (Wildman–Crippen MR) is 75.3 cm³/mol. The van der Waals surface area contributed by atoms with E-state index in [0.29, 0.717) is 12.0 Å². The Balaban J connectivity index is 1.91. The van der Waals surface area contributed by atoms with Gasteiger partial charge in [-0.2, -0.15) is 0 Å². The van der Waals surface area contributed by atoms with Crippen LogP contribution < -0.4 is 5.32 Å². The average Bonchev–Trinajstić information content (AvgIpc) is 2.40. The first-order valence-electron chi connectivity index (χ1n) is 7.34. The van der Waals surface area contributed by atoms with E-state index in [0.717, 1.165) is 25.2 Å². The summed E-state index contributed by atoms with van der Waals surface area (Å²) in [7, 11) is 0. The molecule has 4 atom stereocenters. The van der Waals surface area contributed by atoms with Crippen LogP contribution in [0, 0.1) is 23.5 Å². The van der Waals surface area contributed by atoms with Crippen LogP contribution in [0.1, 0.15) is 44.8 Å². The molecule has 1 aromatic rings. The number of hydrogen-bond donors (Lipinski definition) is 2. The van der Waals surface area contributed by atoms with Gasteiger partial charge in [-0.25, -0.2) is 8.78 Å². The molecule has 1 aliphatic carbocycles. The van der Waals surface area contributed by atoms with Gasteiger partial charge < -0.3 is 10.4 Å². The van der Waals surface area contributed by atoms with Crippen molar-refractivity contribution in [3.63, 3.8) is 0 Å². The molecule has 1 aromatic carbocycles. The van der Waals surface area contributed by atoms with Gasteiger partial charge in [-0.15, -0.1) is 0 Å². The molecule has 0 spiro atoms. The van der Waals surface area contributed by atoms with E-state index in [-0.39, 0.29) is 12.1 Å². The number of aliphatic hydroxyl groups is 1. The maximum Gasteiger partial charge on any atom is 0.131 e. The summed E-state index contributed by atoms with van der Waals surface area (Å²) in [5, 5.41) is 13.2. The lowest BCUT2D eigenvalue weighted by atomic mass is 9.79. The molecule has 112 valence electrons. The van der Waals surface area contributed by atoms with E-state index >= 15 is 0 Å². The molecule has 1 fully saturated rings. The minimum Gasteiger partial charge on any atom is -0.387 e. The van der Waals surface area contributed by atoms with Crippen molar-refractivity contribution < 1.29 is 13.9 Å². The number of halogens is 2. The van der Waals surface area contributed by atoms with Gasteiger partial charge in [0.25, 0.3) is 0 Å². The third-order valence-electron chi connectivity index (χ3n) is 4.53. The molecule has 2 rings (SSSR count). The van der Waals surface area contributed by atoms with Gasteiger partial charge in [0.15, 0.2) is 0 Å². The summed E-state index contributed by atoms with van der Waals surface area (Å²) in [6.45, 7) is 4.67. The fraction of sp³-hybridized carbons (Fsp3) is 0.625. The lowest BCUT2D eigenvalue weighted by Crippen LogP contribution is -2.38. The Kier molecular flexibility index (Phi) is 5.11. The Morgan fingerprint density at radius 1 is 1.20 bits per heavy atom. The van der Waals surface area contributed by atoms with Gasteiger partial charge in [0.1, 0.15) is 11.6 Å². The summed E-state index contributed by atoms with van der Waals surface area (Å²) >= 11 is 0. The molecule has 2 N–H and O–H groups in total. The lowest BCUT2D eigenvalue weighted by molar-refractivity contribution is 0.147. The van der Waals surface area contributed by atoms with Crippen molar-refractivity contribution >= 4 is 0 Å². The van der Waals surface area contributed by atoms with E-state index in [1.54, 1.807) is 0 Å². The maximum absolute atomic E-state index is 13.6. The quantitative estimate of drug-likeness (QED) is 0.887. The molecule has 1 aliphatic rings. The van der Waals surface area contributed by atoms with Crippen molar-refractivity contribution in [2.75, 3.05) is 6.54 Å². The summed E-state index contributed by atoms with van der Waals surface area (Å²) < 4.78 is 27.1. The number of aliphatic hydroxyl groups excluding tert-OH is 1. The van der Waals surface area contributed by atoms with Gasteiger partial charge in [-0.1, -0.05) is 19.9 Å². The molecule has 0 bridgehead atoms. The fourth-order valence-corrected chi connectivity index (χ4v) is 2.94. The van der Waals surface area contributed by atoms with E-state index in [2.05, 4.69) is 19.2 Å². The van der Waals surface area contributed by atoms with Crippen LogP contribution in [0.3, 0.4) is 0 Å². The van der Waals surface area contributed by atoms with Crippen molar-refractivity contribution in [2.45, 2.75) is 45.3 Å². The fourth-order valence-electron chi connectivity index (χ4n) is 2.94. The monoisotopic (exact) mass is 283 g/mol. The van der Waals surface area contributed by atoms with Gasteiger partial charge in [0, 0.05) is 12.6 Å². The number of nitrogens with one attached hydrogen (secondary N) is 1. The highest BCUT2D eigenvalue weighted by atomic mass is 19.1. The van der Waals surface area contributed by atoms with Crippen molar-refractivity contribution in [2.24, 2.45) is 11.8 Å². The van der Waals surface area contributed by atoms with Crippen LogP contribution in [0.25, 0.3) is 0 Å². The summed E-state index contributed by atoms with van der Waals surface area (Å²) in [6.07, 6.45) is 2.11. The van der Waals surface area contributed by atoms with Crippen molar-refractivity contribution in [3.8, 4) is 0 Å². The summed E-state index contributed by atoms with van der Waals surface area (Å²) in [4.78, 5) is 0. The summed E-state index contributed by atoms with van der Waals surface area (Å²) in [6, 6.07) is 3.97. The van der Waals surface area contributed by atoms with Crippen LogP contribution in [0.4, 0.5) is 8.78 Å². The van der Waals surface area contributed by atoms with Gasteiger partial charge >= 0.3 is 0 Å². The molecule has 0 amide bonds. The first-order valence-corrected chi connectivity index (χ1v) is 7.34. The SMILES string of the molecule is CC1CCC(NCC(O)c2c(F)cccc2F)CC1C. The Morgan fingerprint density at radius 2 is 1.85 bits per heavy atom. The van der Waals surface area contributed by atoms with Crippen LogP contribution in [0.2, 0.25) is 0 Å². The van der Waals surface area contributed by atoms with Crippen molar-refractivity contribution in [1.82, 2.24) is 5.32 Å². The normalized spacial score (nSPS) is 28.4. The summed E-state index contributed by atoms with van der Waals surface area (Å²) in [5.41, 5.74) is -0.239.